The zero-order valence-electron chi connectivity index (χ0n) is 18.5. The topological polar surface area (TPSA) is 85.4 Å². The van der Waals surface area contributed by atoms with Crippen LogP contribution >= 0.6 is 11.6 Å². The second-order valence-corrected chi connectivity index (χ2v) is 7.77. The Bertz CT molecular complexity index is 958. The van der Waals surface area contributed by atoms with Crippen LogP contribution in [0.3, 0.4) is 0 Å². The molecule has 1 heterocycles. The fraction of sp³-hybridized carbons (Fsp3) is 0.375. The molecule has 0 saturated carbocycles. The number of benzene rings is 2. The van der Waals surface area contributed by atoms with E-state index < -0.39 is 6.16 Å². The monoisotopic (exact) mass is 474 g/mol. The Morgan fingerprint density at radius 1 is 0.939 bits per heavy atom. The third kappa shape index (κ3) is 7.12. The fourth-order valence-corrected chi connectivity index (χ4v) is 3.57. The maximum atomic E-state index is 12.7. The first-order chi connectivity index (χ1) is 16.0. The number of ether oxygens (including phenoxy) is 3. The van der Waals surface area contributed by atoms with Gasteiger partial charge < -0.3 is 24.0 Å². The van der Waals surface area contributed by atoms with Gasteiger partial charge in [0.2, 0.25) is 5.91 Å². The number of rotatable bonds is 8. The van der Waals surface area contributed by atoms with E-state index in [0.717, 1.165) is 0 Å². The Kier molecular flexibility index (Phi) is 8.95. The Balaban J connectivity index is 1.39. The smallest absolute Gasteiger partial charge is 0.492 e. The number of carbonyl (C=O) groups is 3. The summed E-state index contributed by atoms with van der Waals surface area (Å²) in [5, 5.41) is 0.547. The van der Waals surface area contributed by atoms with Gasteiger partial charge in [-0.3, -0.25) is 9.59 Å². The van der Waals surface area contributed by atoms with Gasteiger partial charge in [-0.05, 0) is 49.7 Å². The van der Waals surface area contributed by atoms with Gasteiger partial charge in [-0.1, -0.05) is 23.7 Å². The SMILES string of the molecule is CCOC(=O)Oc1ccc(C(=O)N2CCN(C(=O)CCCOc3ccccc3Cl)CC2)cc1. The van der Waals surface area contributed by atoms with Crippen molar-refractivity contribution in [3.63, 3.8) is 0 Å². The number of hydrogen-bond acceptors (Lipinski definition) is 6. The van der Waals surface area contributed by atoms with Crippen molar-refractivity contribution in [2.75, 3.05) is 39.4 Å². The summed E-state index contributed by atoms with van der Waals surface area (Å²) in [5.74, 6) is 0.835. The summed E-state index contributed by atoms with van der Waals surface area (Å²) < 4.78 is 15.3. The molecule has 0 aromatic heterocycles. The highest BCUT2D eigenvalue weighted by Gasteiger charge is 2.24. The van der Waals surface area contributed by atoms with Crippen molar-refractivity contribution in [1.82, 2.24) is 9.80 Å². The minimum atomic E-state index is -0.784. The molecule has 0 unspecified atom stereocenters. The zero-order chi connectivity index (χ0) is 23.6. The van der Waals surface area contributed by atoms with E-state index >= 15 is 0 Å². The Labute approximate surface area is 198 Å². The van der Waals surface area contributed by atoms with Crippen molar-refractivity contribution in [2.24, 2.45) is 0 Å². The molecule has 0 atom stereocenters. The number of hydrogen-bond donors (Lipinski definition) is 0. The third-order valence-electron chi connectivity index (χ3n) is 5.11. The molecule has 33 heavy (non-hydrogen) atoms. The molecule has 176 valence electrons. The number of halogens is 1. The lowest BCUT2D eigenvalue weighted by atomic mass is 10.1. The highest BCUT2D eigenvalue weighted by atomic mass is 35.5. The average molecular weight is 475 g/mol. The van der Waals surface area contributed by atoms with Crippen LogP contribution in [0.15, 0.2) is 48.5 Å². The third-order valence-corrected chi connectivity index (χ3v) is 5.43. The van der Waals surface area contributed by atoms with Gasteiger partial charge in [0.1, 0.15) is 11.5 Å². The summed E-state index contributed by atoms with van der Waals surface area (Å²) in [6.45, 7) is 4.21. The summed E-state index contributed by atoms with van der Waals surface area (Å²) in [6.07, 6.45) is 0.178. The first kappa shape index (κ1) is 24.4. The molecule has 0 N–H and O–H groups in total. The Morgan fingerprint density at radius 2 is 1.61 bits per heavy atom. The highest BCUT2D eigenvalue weighted by molar-refractivity contribution is 6.32. The van der Waals surface area contributed by atoms with Crippen molar-refractivity contribution < 1.29 is 28.6 Å². The molecular formula is C24H27ClN2O6. The van der Waals surface area contributed by atoms with E-state index in [-0.39, 0.29) is 18.4 Å². The van der Waals surface area contributed by atoms with Crippen molar-refractivity contribution in [3.8, 4) is 11.5 Å². The van der Waals surface area contributed by atoms with Gasteiger partial charge >= 0.3 is 6.16 Å². The summed E-state index contributed by atoms with van der Waals surface area (Å²) in [7, 11) is 0. The van der Waals surface area contributed by atoms with Gasteiger partial charge in [0, 0.05) is 38.2 Å². The predicted octanol–water partition coefficient (Wildman–Crippen LogP) is 4.02. The van der Waals surface area contributed by atoms with Crippen LogP contribution in [0.5, 0.6) is 11.5 Å². The van der Waals surface area contributed by atoms with Gasteiger partial charge in [-0.25, -0.2) is 4.79 Å². The molecule has 0 aliphatic carbocycles. The van der Waals surface area contributed by atoms with Crippen LogP contribution in [0.2, 0.25) is 5.02 Å². The van der Waals surface area contributed by atoms with Crippen LogP contribution in [0.25, 0.3) is 0 Å². The standard InChI is InChI=1S/C24H27ClN2O6/c1-2-31-24(30)33-19-11-9-18(10-12-19)23(29)27-15-13-26(14-16-27)22(28)8-5-17-32-21-7-4-3-6-20(21)25/h3-4,6-7,9-12H,2,5,8,13-17H2,1H3. The second kappa shape index (κ2) is 12.1. The van der Waals surface area contributed by atoms with Gasteiger partial charge in [0.15, 0.2) is 0 Å². The van der Waals surface area contributed by atoms with Crippen molar-refractivity contribution in [3.05, 3.63) is 59.1 Å². The van der Waals surface area contributed by atoms with E-state index in [1.165, 1.54) is 0 Å². The lowest BCUT2D eigenvalue weighted by Crippen LogP contribution is -2.50. The molecule has 8 nitrogen and oxygen atoms in total. The van der Waals surface area contributed by atoms with Crippen molar-refractivity contribution >= 4 is 29.6 Å². The molecule has 2 aromatic carbocycles. The lowest BCUT2D eigenvalue weighted by Gasteiger charge is -2.35. The molecule has 9 heteroatoms. The molecule has 2 amide bonds. The van der Waals surface area contributed by atoms with E-state index in [9.17, 15) is 14.4 Å². The summed E-state index contributed by atoms with van der Waals surface area (Å²) in [5.41, 5.74) is 0.489. The zero-order valence-corrected chi connectivity index (χ0v) is 19.3. The summed E-state index contributed by atoms with van der Waals surface area (Å²) in [6, 6.07) is 13.5. The average Bonchev–Trinajstić information content (AvgIpc) is 2.83. The van der Waals surface area contributed by atoms with Crippen LogP contribution < -0.4 is 9.47 Å². The minimum absolute atomic E-state index is 0.0466. The molecule has 1 aliphatic heterocycles. The van der Waals surface area contributed by atoms with Crippen molar-refractivity contribution in [1.29, 1.82) is 0 Å². The second-order valence-electron chi connectivity index (χ2n) is 7.36. The highest BCUT2D eigenvalue weighted by Crippen LogP contribution is 2.23. The molecule has 2 aromatic rings. The van der Waals surface area contributed by atoms with Crippen LogP contribution in [0.4, 0.5) is 4.79 Å². The largest absolute Gasteiger partial charge is 0.513 e. The van der Waals surface area contributed by atoms with Crippen LogP contribution in [0.1, 0.15) is 30.1 Å². The Hall–Kier alpha value is -3.26. The van der Waals surface area contributed by atoms with Gasteiger partial charge in [-0.2, -0.15) is 0 Å². The number of nitrogens with zero attached hydrogens (tertiary/aromatic N) is 2. The van der Waals surface area contributed by atoms with Crippen LogP contribution in [0, 0.1) is 0 Å². The lowest BCUT2D eigenvalue weighted by molar-refractivity contribution is -0.132. The molecule has 0 radical (unpaired) electrons. The van der Waals surface area contributed by atoms with E-state index in [2.05, 4.69) is 0 Å². The number of amides is 2. The molecular weight excluding hydrogens is 448 g/mol. The first-order valence-electron chi connectivity index (χ1n) is 10.9. The molecule has 1 saturated heterocycles. The van der Waals surface area contributed by atoms with Crippen LogP contribution in [-0.4, -0.2) is 67.2 Å². The van der Waals surface area contributed by atoms with E-state index in [4.69, 9.17) is 25.8 Å². The van der Waals surface area contributed by atoms with Gasteiger partial charge in [0.05, 0.1) is 18.2 Å². The molecule has 0 spiro atoms. The fourth-order valence-electron chi connectivity index (χ4n) is 3.38. The first-order valence-corrected chi connectivity index (χ1v) is 11.2. The van der Waals surface area contributed by atoms with Crippen LogP contribution in [-0.2, 0) is 9.53 Å². The molecule has 3 rings (SSSR count). The maximum Gasteiger partial charge on any atom is 0.513 e. The minimum Gasteiger partial charge on any atom is -0.492 e. The van der Waals surface area contributed by atoms with Crippen molar-refractivity contribution in [2.45, 2.75) is 19.8 Å². The Morgan fingerprint density at radius 3 is 2.27 bits per heavy atom. The van der Waals surface area contributed by atoms with E-state index in [1.54, 1.807) is 53.1 Å². The molecule has 1 aliphatic rings. The molecule has 0 bridgehead atoms. The molecule has 1 fully saturated rings. The predicted molar refractivity (Wildman–Crippen MR) is 123 cm³/mol. The summed E-state index contributed by atoms with van der Waals surface area (Å²) in [4.78, 5) is 40.1. The van der Waals surface area contributed by atoms with Gasteiger partial charge in [-0.15, -0.1) is 0 Å². The number of piperazine rings is 1. The summed E-state index contributed by atoms with van der Waals surface area (Å²) >= 11 is 6.05. The number of para-hydroxylation sites is 1. The maximum absolute atomic E-state index is 12.7. The van der Waals surface area contributed by atoms with E-state index in [0.29, 0.717) is 67.7 Å². The van der Waals surface area contributed by atoms with E-state index in [1.807, 2.05) is 12.1 Å². The normalized spacial score (nSPS) is 13.4. The number of carbonyl (C=O) groups excluding carboxylic acids is 3. The van der Waals surface area contributed by atoms with Gasteiger partial charge in [0.25, 0.3) is 5.91 Å². The quantitative estimate of drug-likeness (QED) is 0.326.